The lowest BCUT2D eigenvalue weighted by atomic mass is 10.2. The second-order valence-electron chi connectivity index (χ2n) is 9.04. The van der Waals surface area contributed by atoms with E-state index in [1.165, 1.54) is 16.4 Å². The fourth-order valence-electron chi connectivity index (χ4n) is 4.55. The highest BCUT2D eigenvalue weighted by atomic mass is 32.2. The van der Waals surface area contributed by atoms with Gasteiger partial charge in [-0.15, -0.1) is 5.10 Å². The van der Waals surface area contributed by atoms with Crippen molar-refractivity contribution >= 4 is 15.9 Å². The van der Waals surface area contributed by atoms with Crippen LogP contribution in [0.2, 0.25) is 0 Å². The third kappa shape index (κ3) is 5.70. The van der Waals surface area contributed by atoms with Gasteiger partial charge < -0.3 is 14.4 Å². The molecule has 0 saturated carbocycles. The predicted molar refractivity (Wildman–Crippen MR) is 138 cm³/mol. The van der Waals surface area contributed by atoms with Gasteiger partial charge in [0, 0.05) is 44.8 Å². The minimum absolute atomic E-state index is 0.112. The molecule has 3 aromatic rings. The number of sulfonamides is 1. The van der Waals surface area contributed by atoms with Crippen LogP contribution in [0.3, 0.4) is 0 Å². The molecule has 2 fully saturated rings. The molecule has 0 spiro atoms. The highest BCUT2D eigenvalue weighted by Gasteiger charge is 2.27. The summed E-state index contributed by atoms with van der Waals surface area (Å²) in [7, 11) is -3.59. The van der Waals surface area contributed by atoms with Gasteiger partial charge in [0.2, 0.25) is 10.0 Å². The summed E-state index contributed by atoms with van der Waals surface area (Å²) in [5, 5.41) is 12.2. The fraction of sp³-hybridized carbons (Fsp3) is 0.440. The molecule has 2 aliphatic rings. The van der Waals surface area contributed by atoms with Crippen molar-refractivity contribution in [2.45, 2.75) is 18.4 Å². The van der Waals surface area contributed by atoms with E-state index in [9.17, 15) is 13.2 Å². The predicted octanol–water partition coefficient (Wildman–Crippen LogP) is 1.04. The van der Waals surface area contributed by atoms with Crippen LogP contribution in [0.4, 0.5) is 0 Å². The number of aromatic nitrogens is 4. The van der Waals surface area contributed by atoms with Crippen LogP contribution in [0.25, 0.3) is 5.69 Å². The van der Waals surface area contributed by atoms with Crippen LogP contribution < -0.4 is 4.74 Å². The zero-order valence-electron chi connectivity index (χ0n) is 21.3. The van der Waals surface area contributed by atoms with Crippen molar-refractivity contribution in [2.75, 3.05) is 59.1 Å². The Balaban J connectivity index is 1.17. The highest BCUT2D eigenvalue weighted by Crippen LogP contribution is 2.20. The molecule has 38 heavy (non-hydrogen) atoms. The van der Waals surface area contributed by atoms with Crippen molar-refractivity contribution in [1.29, 1.82) is 0 Å². The Hall–Kier alpha value is -3.39. The molecule has 5 rings (SSSR count). The van der Waals surface area contributed by atoms with Crippen LogP contribution in [0.1, 0.15) is 23.1 Å². The number of carbonyl (C=O) groups excluding carboxylic acids is 1. The Labute approximate surface area is 221 Å². The minimum Gasteiger partial charge on any atom is -0.494 e. The average molecular weight is 542 g/mol. The van der Waals surface area contributed by atoms with Crippen molar-refractivity contribution < 1.29 is 22.7 Å². The second-order valence-corrected chi connectivity index (χ2v) is 11.0. The van der Waals surface area contributed by atoms with Crippen LogP contribution in [0.15, 0.2) is 53.4 Å². The number of hydrogen-bond donors (Lipinski definition) is 0. The van der Waals surface area contributed by atoms with Gasteiger partial charge in [0.25, 0.3) is 5.91 Å². The zero-order valence-corrected chi connectivity index (χ0v) is 22.1. The second kappa shape index (κ2) is 11.6. The van der Waals surface area contributed by atoms with Crippen LogP contribution in [-0.4, -0.2) is 108 Å². The summed E-state index contributed by atoms with van der Waals surface area (Å²) in [4.78, 5) is 17.3. The van der Waals surface area contributed by atoms with Gasteiger partial charge in [-0.25, -0.2) is 8.42 Å². The van der Waals surface area contributed by atoms with E-state index in [0.717, 1.165) is 11.4 Å². The summed E-state index contributed by atoms with van der Waals surface area (Å²) >= 11 is 0. The molecule has 1 aromatic heterocycles. The number of morpholine rings is 1. The molecular formula is C25H31N7O5S. The van der Waals surface area contributed by atoms with E-state index in [1.807, 2.05) is 31.2 Å². The molecule has 2 aromatic carbocycles. The van der Waals surface area contributed by atoms with E-state index >= 15 is 0 Å². The normalized spacial score (nSPS) is 17.4. The number of hydrogen-bond acceptors (Lipinski definition) is 9. The number of nitrogens with zero attached hydrogens (tertiary/aromatic N) is 7. The molecule has 3 heterocycles. The molecule has 1 amide bonds. The molecular weight excluding hydrogens is 510 g/mol. The van der Waals surface area contributed by atoms with E-state index in [0.29, 0.717) is 77.0 Å². The first kappa shape index (κ1) is 26.2. The average Bonchev–Trinajstić information content (AvgIpc) is 3.42. The van der Waals surface area contributed by atoms with Crippen molar-refractivity contribution in [2.24, 2.45) is 0 Å². The zero-order chi connectivity index (χ0) is 26.5. The van der Waals surface area contributed by atoms with Gasteiger partial charge in [-0.05, 0) is 65.9 Å². The Kier molecular flexibility index (Phi) is 7.98. The molecule has 0 aliphatic carbocycles. The first-order valence-electron chi connectivity index (χ1n) is 12.7. The van der Waals surface area contributed by atoms with Crippen molar-refractivity contribution in [3.8, 4) is 11.4 Å². The number of rotatable bonds is 8. The number of amides is 1. The first-order valence-corrected chi connectivity index (χ1v) is 14.1. The number of ether oxygens (including phenoxy) is 2. The van der Waals surface area contributed by atoms with Gasteiger partial charge in [0.05, 0.1) is 36.9 Å². The Morgan fingerprint density at radius 3 is 2.29 bits per heavy atom. The van der Waals surface area contributed by atoms with Gasteiger partial charge in [0.1, 0.15) is 5.75 Å². The maximum absolute atomic E-state index is 13.1. The summed E-state index contributed by atoms with van der Waals surface area (Å²) in [5.74, 6) is 1.39. The third-order valence-corrected chi connectivity index (χ3v) is 8.57. The number of tetrazole rings is 1. The molecule has 0 radical (unpaired) electrons. The van der Waals surface area contributed by atoms with Crippen LogP contribution in [0, 0.1) is 0 Å². The molecule has 202 valence electrons. The lowest BCUT2D eigenvalue weighted by Gasteiger charge is -2.34. The topological polar surface area (TPSA) is 123 Å². The lowest BCUT2D eigenvalue weighted by molar-refractivity contribution is 0.0624. The summed E-state index contributed by atoms with van der Waals surface area (Å²) in [6.07, 6.45) is 0. The van der Waals surface area contributed by atoms with E-state index < -0.39 is 10.0 Å². The molecule has 2 saturated heterocycles. The quantitative estimate of drug-likeness (QED) is 0.412. The maximum Gasteiger partial charge on any atom is 0.253 e. The van der Waals surface area contributed by atoms with E-state index in [2.05, 4.69) is 20.4 Å². The Morgan fingerprint density at radius 2 is 1.63 bits per heavy atom. The van der Waals surface area contributed by atoms with Gasteiger partial charge in [-0.2, -0.15) is 8.99 Å². The Bertz CT molecular complexity index is 1330. The summed E-state index contributed by atoms with van der Waals surface area (Å²) in [5.41, 5.74) is 1.32. The SMILES string of the molecule is CCOc1ccc(-n2nnnc2CN2CCN(C(=O)c3ccc(S(=O)(=O)N4CCOCC4)cc3)CC2)cc1. The van der Waals surface area contributed by atoms with Crippen LogP contribution >= 0.6 is 0 Å². The van der Waals surface area contributed by atoms with Gasteiger partial charge in [0.15, 0.2) is 5.82 Å². The van der Waals surface area contributed by atoms with E-state index in [4.69, 9.17) is 9.47 Å². The maximum atomic E-state index is 13.1. The number of piperazine rings is 1. The molecule has 0 atom stereocenters. The molecule has 0 bridgehead atoms. The van der Waals surface area contributed by atoms with Crippen molar-refractivity contribution in [3.63, 3.8) is 0 Å². The first-order chi connectivity index (χ1) is 18.5. The molecule has 13 heteroatoms. The standard InChI is InChI=1S/C25H31N7O5S/c1-2-37-22-7-5-21(6-8-22)32-24(26-27-28-32)19-29-11-13-30(14-12-29)25(33)20-3-9-23(10-4-20)38(34,35)31-15-17-36-18-16-31/h3-10H,2,11-19H2,1H3. The van der Waals surface area contributed by atoms with Crippen LogP contribution in [0.5, 0.6) is 5.75 Å². The van der Waals surface area contributed by atoms with Gasteiger partial charge >= 0.3 is 0 Å². The minimum atomic E-state index is -3.59. The molecule has 0 N–H and O–H groups in total. The molecule has 0 unspecified atom stereocenters. The monoisotopic (exact) mass is 541 g/mol. The van der Waals surface area contributed by atoms with Gasteiger partial charge in [-0.1, -0.05) is 0 Å². The van der Waals surface area contributed by atoms with Crippen molar-refractivity contribution in [3.05, 3.63) is 59.9 Å². The largest absolute Gasteiger partial charge is 0.494 e. The van der Waals surface area contributed by atoms with E-state index in [1.54, 1.807) is 21.7 Å². The van der Waals surface area contributed by atoms with E-state index in [-0.39, 0.29) is 10.8 Å². The third-order valence-electron chi connectivity index (χ3n) is 6.66. The van der Waals surface area contributed by atoms with Crippen LogP contribution in [-0.2, 0) is 21.3 Å². The smallest absolute Gasteiger partial charge is 0.253 e. The summed E-state index contributed by atoms with van der Waals surface area (Å²) < 4.78 is 39.6. The highest BCUT2D eigenvalue weighted by molar-refractivity contribution is 7.89. The summed E-state index contributed by atoms with van der Waals surface area (Å²) in [6, 6.07) is 13.8. The number of carbonyl (C=O) groups is 1. The van der Waals surface area contributed by atoms with Gasteiger partial charge in [-0.3, -0.25) is 9.69 Å². The number of benzene rings is 2. The Morgan fingerprint density at radius 1 is 0.947 bits per heavy atom. The lowest BCUT2D eigenvalue weighted by Crippen LogP contribution is -2.48. The molecule has 12 nitrogen and oxygen atoms in total. The van der Waals surface area contributed by atoms with Crippen molar-refractivity contribution in [1.82, 2.24) is 34.3 Å². The molecule has 2 aliphatic heterocycles. The summed E-state index contributed by atoms with van der Waals surface area (Å²) in [6.45, 7) is 6.99. The fourth-order valence-corrected chi connectivity index (χ4v) is 5.96.